The zero-order valence-corrected chi connectivity index (χ0v) is 14.4. The molecule has 0 amide bonds. The molecule has 0 unspecified atom stereocenters. The summed E-state index contributed by atoms with van der Waals surface area (Å²) < 4.78 is 0.382. The standard InChI is InChI=1S/C18H15BS3/c1-4-10-16(11-5-1)20-19(21-17-12-6-2-7-13-17)22-18-14-8-3-9-15-18/h1-15H. The molecule has 0 aliphatic rings. The Balaban J connectivity index is 1.75. The predicted molar refractivity (Wildman–Crippen MR) is 103 cm³/mol. The Bertz CT molecular complexity index is 576. The van der Waals surface area contributed by atoms with Gasteiger partial charge in [-0.3, -0.25) is 0 Å². The summed E-state index contributed by atoms with van der Waals surface area (Å²) in [7, 11) is 0. The van der Waals surface area contributed by atoms with E-state index in [0.717, 1.165) is 0 Å². The molecular weight excluding hydrogens is 323 g/mol. The van der Waals surface area contributed by atoms with Crippen molar-refractivity contribution in [1.29, 1.82) is 0 Å². The molecular formula is C18H15BS3. The minimum atomic E-state index is 0.382. The average molecular weight is 338 g/mol. The van der Waals surface area contributed by atoms with Crippen LogP contribution in [0.1, 0.15) is 0 Å². The second-order valence-corrected chi connectivity index (χ2v) is 9.01. The van der Waals surface area contributed by atoms with Crippen LogP contribution >= 0.6 is 34.8 Å². The van der Waals surface area contributed by atoms with E-state index >= 15 is 0 Å². The van der Waals surface area contributed by atoms with Crippen molar-refractivity contribution >= 4 is 39.4 Å². The van der Waals surface area contributed by atoms with E-state index in [4.69, 9.17) is 0 Å². The van der Waals surface area contributed by atoms with Gasteiger partial charge in [-0.1, -0.05) is 54.6 Å². The van der Waals surface area contributed by atoms with Crippen LogP contribution in [0.25, 0.3) is 0 Å². The molecule has 3 rings (SSSR count). The summed E-state index contributed by atoms with van der Waals surface area (Å²) in [5, 5.41) is 0. The van der Waals surface area contributed by atoms with Crippen molar-refractivity contribution in [3.05, 3.63) is 91.0 Å². The fraction of sp³-hybridized carbons (Fsp3) is 0. The van der Waals surface area contributed by atoms with Gasteiger partial charge >= 0.3 is 4.55 Å². The molecule has 0 heterocycles. The SMILES string of the molecule is c1ccc(SB(Sc2ccccc2)Sc2ccccc2)cc1. The van der Waals surface area contributed by atoms with Crippen molar-refractivity contribution in [3.8, 4) is 0 Å². The van der Waals surface area contributed by atoms with E-state index in [9.17, 15) is 0 Å². The van der Waals surface area contributed by atoms with Gasteiger partial charge in [-0.2, -0.15) is 0 Å². The maximum Gasteiger partial charge on any atom is 0.355 e. The zero-order valence-electron chi connectivity index (χ0n) is 12.0. The van der Waals surface area contributed by atoms with E-state index in [2.05, 4.69) is 91.0 Å². The first-order valence-electron chi connectivity index (χ1n) is 7.05. The normalized spacial score (nSPS) is 10.4. The Hall–Kier alpha value is -1.23. The maximum atomic E-state index is 2.18. The molecule has 0 nitrogen and oxygen atoms in total. The van der Waals surface area contributed by atoms with Crippen LogP contribution in [-0.2, 0) is 0 Å². The van der Waals surface area contributed by atoms with E-state index in [0.29, 0.717) is 4.55 Å². The van der Waals surface area contributed by atoms with Crippen LogP contribution in [0, 0.1) is 0 Å². The highest BCUT2D eigenvalue weighted by Crippen LogP contribution is 2.41. The highest BCUT2D eigenvalue weighted by molar-refractivity contribution is 8.76. The molecule has 0 spiro atoms. The van der Waals surface area contributed by atoms with Crippen LogP contribution in [0.15, 0.2) is 106 Å². The number of benzene rings is 3. The minimum Gasteiger partial charge on any atom is -0.147 e. The van der Waals surface area contributed by atoms with Crippen LogP contribution in [0.4, 0.5) is 0 Å². The van der Waals surface area contributed by atoms with Crippen LogP contribution in [0.2, 0.25) is 0 Å². The van der Waals surface area contributed by atoms with Gasteiger partial charge in [-0.25, -0.2) is 0 Å². The van der Waals surface area contributed by atoms with Gasteiger partial charge in [0, 0.05) is 0 Å². The number of hydrogen-bond acceptors (Lipinski definition) is 3. The van der Waals surface area contributed by atoms with Crippen LogP contribution in [0.3, 0.4) is 0 Å². The third-order valence-electron chi connectivity index (χ3n) is 2.93. The lowest BCUT2D eigenvalue weighted by atomic mass is 10.4. The Morgan fingerprint density at radius 1 is 0.409 bits per heavy atom. The monoisotopic (exact) mass is 338 g/mol. The van der Waals surface area contributed by atoms with Crippen LogP contribution in [-0.4, -0.2) is 4.55 Å². The quantitative estimate of drug-likeness (QED) is 0.481. The summed E-state index contributed by atoms with van der Waals surface area (Å²) >= 11 is 5.71. The molecule has 0 fully saturated rings. The number of rotatable bonds is 6. The van der Waals surface area contributed by atoms with Gasteiger partial charge in [0.05, 0.1) is 0 Å². The summed E-state index contributed by atoms with van der Waals surface area (Å²) in [4.78, 5) is 3.91. The first kappa shape index (κ1) is 15.7. The van der Waals surface area contributed by atoms with Gasteiger partial charge in [0.25, 0.3) is 0 Å². The van der Waals surface area contributed by atoms with E-state index in [1.807, 2.05) is 34.8 Å². The van der Waals surface area contributed by atoms with Crippen molar-refractivity contribution in [2.24, 2.45) is 0 Å². The Morgan fingerprint density at radius 2 is 0.682 bits per heavy atom. The molecule has 22 heavy (non-hydrogen) atoms. The van der Waals surface area contributed by atoms with E-state index in [1.165, 1.54) is 14.7 Å². The topological polar surface area (TPSA) is 0 Å². The molecule has 0 atom stereocenters. The van der Waals surface area contributed by atoms with Crippen molar-refractivity contribution in [1.82, 2.24) is 0 Å². The second-order valence-electron chi connectivity index (χ2n) is 4.58. The van der Waals surface area contributed by atoms with E-state index in [1.54, 1.807) is 0 Å². The molecule has 0 bridgehead atoms. The minimum absolute atomic E-state index is 0.382. The third kappa shape index (κ3) is 4.91. The Kier molecular flexibility index (Phi) is 5.99. The maximum absolute atomic E-state index is 2.18. The van der Waals surface area contributed by atoms with Crippen LogP contribution in [0.5, 0.6) is 0 Å². The predicted octanol–water partition coefficient (Wildman–Crippen LogP) is 6.35. The molecule has 0 aromatic heterocycles. The largest absolute Gasteiger partial charge is 0.355 e. The first-order valence-corrected chi connectivity index (χ1v) is 9.69. The van der Waals surface area contributed by atoms with Gasteiger partial charge in [0.15, 0.2) is 0 Å². The lowest BCUT2D eigenvalue weighted by Crippen LogP contribution is -1.97. The summed E-state index contributed by atoms with van der Waals surface area (Å²) in [5.41, 5.74) is 0. The molecule has 3 aromatic carbocycles. The van der Waals surface area contributed by atoms with Crippen molar-refractivity contribution in [3.63, 3.8) is 0 Å². The summed E-state index contributed by atoms with van der Waals surface area (Å²) in [5.74, 6) is 0. The lowest BCUT2D eigenvalue weighted by molar-refractivity contribution is 1.47. The van der Waals surface area contributed by atoms with E-state index in [-0.39, 0.29) is 0 Å². The summed E-state index contributed by atoms with van der Waals surface area (Å²) in [6, 6.07) is 31.8. The molecule has 0 saturated heterocycles. The molecule has 0 saturated carbocycles. The Morgan fingerprint density at radius 3 is 0.955 bits per heavy atom. The van der Waals surface area contributed by atoms with Crippen LogP contribution < -0.4 is 0 Å². The summed E-state index contributed by atoms with van der Waals surface area (Å²) in [6.07, 6.45) is 0. The van der Waals surface area contributed by atoms with Gasteiger partial charge in [0.1, 0.15) is 0 Å². The summed E-state index contributed by atoms with van der Waals surface area (Å²) in [6.45, 7) is 0. The highest BCUT2D eigenvalue weighted by atomic mass is 32.3. The molecule has 4 heteroatoms. The van der Waals surface area contributed by atoms with Gasteiger partial charge in [-0.05, 0) is 51.1 Å². The molecule has 0 radical (unpaired) electrons. The number of hydrogen-bond donors (Lipinski definition) is 0. The molecule has 108 valence electrons. The van der Waals surface area contributed by atoms with E-state index < -0.39 is 0 Å². The van der Waals surface area contributed by atoms with Gasteiger partial charge in [0.2, 0.25) is 0 Å². The molecule has 0 aliphatic carbocycles. The van der Waals surface area contributed by atoms with Gasteiger partial charge < -0.3 is 0 Å². The fourth-order valence-electron chi connectivity index (χ4n) is 1.90. The van der Waals surface area contributed by atoms with Gasteiger partial charge in [-0.15, -0.1) is 34.8 Å². The first-order chi connectivity index (χ1) is 10.9. The Labute approximate surface area is 144 Å². The van der Waals surface area contributed by atoms with Crippen molar-refractivity contribution < 1.29 is 0 Å². The van der Waals surface area contributed by atoms with Crippen molar-refractivity contribution in [2.45, 2.75) is 14.7 Å². The molecule has 0 N–H and O–H groups in total. The highest BCUT2D eigenvalue weighted by Gasteiger charge is 2.19. The lowest BCUT2D eigenvalue weighted by Gasteiger charge is -2.13. The third-order valence-corrected chi connectivity index (χ3v) is 6.87. The fourth-order valence-corrected chi connectivity index (χ4v) is 6.09. The smallest absolute Gasteiger partial charge is 0.147 e. The second kappa shape index (κ2) is 8.42. The average Bonchev–Trinajstić information content (AvgIpc) is 2.57. The zero-order chi connectivity index (χ0) is 15.0. The van der Waals surface area contributed by atoms with Crippen molar-refractivity contribution in [2.75, 3.05) is 0 Å². The molecule has 0 aliphatic heterocycles. The molecule has 3 aromatic rings.